The number of aliphatic hydroxyl groups excluding tert-OH is 1. The number of rotatable bonds is 6. The van der Waals surface area contributed by atoms with Crippen molar-refractivity contribution in [3.8, 4) is 5.75 Å². The van der Waals surface area contributed by atoms with Gasteiger partial charge in [0.15, 0.2) is 0 Å². The summed E-state index contributed by atoms with van der Waals surface area (Å²) in [4.78, 5) is 68.3. The number of aliphatic hydroxyl groups is 1. The first-order valence-corrected chi connectivity index (χ1v) is 16.6. The number of fused-ring (bicyclic) bond motifs is 14. The molecule has 12 nitrogen and oxygen atoms in total. The average molecular weight is 662 g/mol. The first-order chi connectivity index (χ1) is 22.9. The molecule has 12 heteroatoms. The van der Waals surface area contributed by atoms with E-state index in [0.717, 1.165) is 11.1 Å². The van der Waals surface area contributed by atoms with Crippen LogP contribution in [0.5, 0.6) is 5.75 Å². The predicted octanol–water partition coefficient (Wildman–Crippen LogP) is 1.71. The van der Waals surface area contributed by atoms with E-state index in [1.165, 1.54) is 11.0 Å². The summed E-state index contributed by atoms with van der Waals surface area (Å²) < 4.78 is 6.02. The van der Waals surface area contributed by atoms with Crippen molar-refractivity contribution in [2.75, 3.05) is 13.2 Å². The maximum absolute atomic E-state index is 13.8. The Balaban J connectivity index is 1.63. The summed E-state index contributed by atoms with van der Waals surface area (Å²) in [5.74, 6) is -1.77. The second-order valence-electron chi connectivity index (χ2n) is 12.9. The molecule has 3 aliphatic heterocycles. The van der Waals surface area contributed by atoms with Crippen molar-refractivity contribution >= 4 is 35.6 Å². The lowest BCUT2D eigenvalue weighted by molar-refractivity contribution is -0.142. The highest BCUT2D eigenvalue weighted by Gasteiger charge is 2.42. The lowest BCUT2D eigenvalue weighted by atomic mass is 10.0. The third kappa shape index (κ3) is 10.1. The summed E-state index contributed by atoms with van der Waals surface area (Å²) in [5.41, 5.74) is 1.56. The maximum atomic E-state index is 13.8. The van der Waals surface area contributed by atoms with Crippen molar-refractivity contribution in [2.24, 2.45) is 5.92 Å². The minimum absolute atomic E-state index is 0.0118. The van der Waals surface area contributed by atoms with Crippen LogP contribution in [-0.4, -0.2) is 89.0 Å². The van der Waals surface area contributed by atoms with Gasteiger partial charge in [0.2, 0.25) is 29.5 Å². The van der Waals surface area contributed by atoms with Crippen LogP contribution in [0.25, 0.3) is 6.08 Å². The zero-order valence-electron chi connectivity index (χ0n) is 28.0. The molecule has 0 saturated carbocycles. The number of nitrogens with zero attached hydrogens (tertiary/aromatic N) is 1. The average Bonchev–Trinajstić information content (AvgIpc) is 3.46. The van der Waals surface area contributed by atoms with Gasteiger partial charge in [-0.2, -0.15) is 0 Å². The Morgan fingerprint density at radius 2 is 1.71 bits per heavy atom. The molecule has 5 amide bonds. The number of amides is 5. The number of hydrogen-bond donors (Lipinski definition) is 5. The molecule has 258 valence electrons. The second kappa shape index (κ2) is 16.9. The largest absolute Gasteiger partial charge is 0.491 e. The van der Waals surface area contributed by atoms with Crippen molar-refractivity contribution in [3.63, 3.8) is 0 Å². The Morgan fingerprint density at radius 1 is 1.00 bits per heavy atom. The number of benzene rings is 2. The van der Waals surface area contributed by atoms with Crippen LogP contribution in [-0.2, 0) is 30.4 Å². The normalized spacial score (nSPS) is 26.0. The second-order valence-corrected chi connectivity index (χ2v) is 12.9. The fraction of sp³-hybridized carbons (Fsp3) is 0.472. The summed E-state index contributed by atoms with van der Waals surface area (Å²) in [5, 5.41) is 21.7. The third-order valence-electron chi connectivity index (χ3n) is 8.42. The number of carbonyl (C=O) groups is 5. The maximum Gasteiger partial charge on any atom is 0.245 e. The van der Waals surface area contributed by atoms with Gasteiger partial charge in [0.05, 0.1) is 12.1 Å². The molecule has 2 bridgehead atoms. The zero-order valence-corrected chi connectivity index (χ0v) is 28.0. The molecule has 0 unspecified atom stereocenters. The molecule has 2 aromatic rings. The Morgan fingerprint density at radius 3 is 2.38 bits per heavy atom. The van der Waals surface area contributed by atoms with E-state index in [-0.39, 0.29) is 44.4 Å². The highest BCUT2D eigenvalue weighted by atomic mass is 16.5. The van der Waals surface area contributed by atoms with E-state index in [4.69, 9.17) is 4.74 Å². The van der Waals surface area contributed by atoms with Gasteiger partial charge in [0, 0.05) is 25.5 Å². The van der Waals surface area contributed by atoms with Crippen LogP contribution in [0.2, 0.25) is 0 Å². The van der Waals surface area contributed by atoms with Gasteiger partial charge in [0.25, 0.3) is 0 Å². The lowest BCUT2D eigenvalue weighted by Crippen LogP contribution is -2.58. The predicted molar refractivity (Wildman–Crippen MR) is 180 cm³/mol. The van der Waals surface area contributed by atoms with Crippen LogP contribution in [0, 0.1) is 5.92 Å². The quantitative estimate of drug-likeness (QED) is 0.232. The molecular formula is C36H47N5O7. The standard InChI is InChI=1S/C36H47N5O7/c1-5-29-36(47)41-20-27(42)19-31(41)35(46)37-23(4)33(44)38-26(17-22(2)3)21-48-28-14-11-25(12-15-28)18-30(34(45)40-29)39-32(43)16-13-24-9-7-6-8-10-24/h6-16,22-23,26-27,29-31,42H,5,17-21H2,1-4H3,(H,37,46)(H,38,44)(H,39,43)(H,40,45)/b16-13+/t23-,26+,27-,29+,30+,31+/m1/s1. The van der Waals surface area contributed by atoms with Gasteiger partial charge < -0.3 is 36.0 Å². The Hall–Kier alpha value is -4.71. The van der Waals surface area contributed by atoms with E-state index in [9.17, 15) is 29.1 Å². The Kier molecular flexibility index (Phi) is 12.7. The summed E-state index contributed by atoms with van der Waals surface area (Å²) in [6.45, 7) is 7.43. The molecule has 0 radical (unpaired) electrons. The highest BCUT2D eigenvalue weighted by molar-refractivity contribution is 5.98. The molecule has 5 N–H and O–H groups in total. The molecule has 2 aromatic carbocycles. The fourth-order valence-electron chi connectivity index (χ4n) is 5.88. The highest BCUT2D eigenvalue weighted by Crippen LogP contribution is 2.21. The molecular weight excluding hydrogens is 614 g/mol. The first-order valence-electron chi connectivity index (χ1n) is 16.6. The molecule has 5 rings (SSSR count). The van der Waals surface area contributed by atoms with Crippen LogP contribution in [0.1, 0.15) is 58.1 Å². The van der Waals surface area contributed by atoms with Crippen LogP contribution >= 0.6 is 0 Å². The van der Waals surface area contributed by atoms with Crippen molar-refractivity contribution in [2.45, 2.75) is 89.7 Å². The number of hydrogen-bond acceptors (Lipinski definition) is 7. The first kappa shape index (κ1) is 36.1. The molecule has 6 atom stereocenters. The molecule has 1 fully saturated rings. The van der Waals surface area contributed by atoms with Crippen molar-refractivity contribution < 1.29 is 33.8 Å². The van der Waals surface area contributed by atoms with E-state index >= 15 is 0 Å². The van der Waals surface area contributed by atoms with Crippen LogP contribution in [0.3, 0.4) is 0 Å². The molecule has 1 saturated heterocycles. The number of ether oxygens (including phenoxy) is 1. The van der Waals surface area contributed by atoms with Gasteiger partial charge in [0.1, 0.15) is 36.5 Å². The van der Waals surface area contributed by atoms with Gasteiger partial charge in [-0.15, -0.1) is 0 Å². The van der Waals surface area contributed by atoms with Gasteiger partial charge in [-0.1, -0.05) is 63.2 Å². The van der Waals surface area contributed by atoms with E-state index in [2.05, 4.69) is 21.3 Å². The molecule has 0 aromatic heterocycles. The molecule has 3 aliphatic rings. The molecule has 0 aliphatic carbocycles. The number of carbonyl (C=O) groups excluding carboxylic acids is 5. The van der Waals surface area contributed by atoms with E-state index in [1.807, 2.05) is 44.2 Å². The van der Waals surface area contributed by atoms with E-state index in [0.29, 0.717) is 12.2 Å². The van der Waals surface area contributed by atoms with Crippen LogP contribution in [0.15, 0.2) is 60.7 Å². The van der Waals surface area contributed by atoms with Gasteiger partial charge in [-0.05, 0) is 55.0 Å². The molecule has 48 heavy (non-hydrogen) atoms. The van der Waals surface area contributed by atoms with Gasteiger partial charge in [-0.3, -0.25) is 24.0 Å². The fourth-order valence-corrected chi connectivity index (χ4v) is 5.88. The number of nitrogens with one attached hydrogen (secondary N) is 4. The Bertz CT molecular complexity index is 1460. The van der Waals surface area contributed by atoms with Crippen molar-refractivity contribution in [1.29, 1.82) is 0 Å². The van der Waals surface area contributed by atoms with Crippen molar-refractivity contribution in [3.05, 3.63) is 71.8 Å². The molecule has 0 spiro atoms. The van der Waals surface area contributed by atoms with Gasteiger partial charge in [-0.25, -0.2) is 0 Å². The van der Waals surface area contributed by atoms with E-state index < -0.39 is 59.8 Å². The summed E-state index contributed by atoms with van der Waals surface area (Å²) in [6, 6.07) is 12.0. The van der Waals surface area contributed by atoms with Crippen molar-refractivity contribution in [1.82, 2.24) is 26.2 Å². The topological polar surface area (TPSA) is 166 Å². The minimum atomic E-state index is -1.04. The zero-order chi connectivity index (χ0) is 34.8. The summed E-state index contributed by atoms with van der Waals surface area (Å²) in [6.07, 6.45) is 2.98. The summed E-state index contributed by atoms with van der Waals surface area (Å²) in [7, 11) is 0. The van der Waals surface area contributed by atoms with E-state index in [1.54, 1.807) is 44.2 Å². The summed E-state index contributed by atoms with van der Waals surface area (Å²) >= 11 is 0. The lowest BCUT2D eigenvalue weighted by Gasteiger charge is -2.30. The monoisotopic (exact) mass is 661 g/mol. The molecule has 3 heterocycles. The third-order valence-corrected chi connectivity index (χ3v) is 8.42. The van der Waals surface area contributed by atoms with Crippen LogP contribution in [0.4, 0.5) is 0 Å². The van der Waals surface area contributed by atoms with Gasteiger partial charge >= 0.3 is 0 Å². The smallest absolute Gasteiger partial charge is 0.245 e. The minimum Gasteiger partial charge on any atom is -0.491 e. The SMILES string of the molecule is CC[C@@H]1NC(=O)[C@@H](NC(=O)/C=C/c2ccccc2)Cc2ccc(cc2)OC[C@H](CC(C)C)NC(=O)[C@@H](C)NC(=O)[C@@H]2C[C@@H](O)CN2C1=O. The Labute approximate surface area is 281 Å². The van der Waals surface area contributed by atoms with Crippen LogP contribution < -0.4 is 26.0 Å².